The van der Waals surface area contributed by atoms with Gasteiger partial charge >= 0.3 is 0 Å². The number of fused-ring (bicyclic) bond motifs is 2. The predicted octanol–water partition coefficient (Wildman–Crippen LogP) is 7.96. The number of rotatable bonds is 20. The summed E-state index contributed by atoms with van der Waals surface area (Å²) in [6.45, 7) is 12.4. The SMILES string of the molecule is C=C(CCNc1ccc(-c2cnn(CC34CC5CC(C3)CC(C(=O)NCCCCCCNc3cccc6c3C(=O)N(C3CCC(=O)NC3=O)C6=C)(C5)C4)c2C)c(CO)n1)C(=O)Nc1nc2ccccc2s1. The first-order chi connectivity index (χ1) is 34.3. The topological polar surface area (TPSA) is 213 Å². The van der Waals surface area contributed by atoms with Crippen LogP contribution in [0.5, 0.6) is 0 Å². The van der Waals surface area contributed by atoms with Crippen LogP contribution >= 0.6 is 11.3 Å². The molecule has 4 saturated carbocycles. The van der Waals surface area contributed by atoms with Crippen molar-refractivity contribution in [3.05, 3.63) is 102 Å². The molecule has 6 N–H and O–H groups in total. The Morgan fingerprint density at radius 2 is 1.69 bits per heavy atom. The number of anilines is 3. The summed E-state index contributed by atoms with van der Waals surface area (Å²) in [7, 11) is 0. The summed E-state index contributed by atoms with van der Waals surface area (Å²) in [5.74, 6) is 0.496. The van der Waals surface area contributed by atoms with Crippen LogP contribution in [0.15, 0.2) is 79.5 Å². The van der Waals surface area contributed by atoms with Crippen LogP contribution in [0.4, 0.5) is 16.6 Å². The summed E-state index contributed by atoms with van der Waals surface area (Å²) in [4.78, 5) is 75.6. The summed E-state index contributed by atoms with van der Waals surface area (Å²) in [6, 6.07) is 16.4. The van der Waals surface area contributed by atoms with E-state index >= 15 is 0 Å². The molecule has 370 valence electrons. The molecule has 3 atom stereocenters. The van der Waals surface area contributed by atoms with E-state index in [-0.39, 0.29) is 53.9 Å². The summed E-state index contributed by atoms with van der Waals surface area (Å²) in [5, 5.41) is 31.2. The molecule has 5 amide bonds. The Morgan fingerprint density at radius 1 is 0.901 bits per heavy atom. The molecule has 1 saturated heterocycles. The third kappa shape index (κ3) is 9.61. The number of carbonyl (C=O) groups is 5. The van der Waals surface area contributed by atoms with E-state index in [4.69, 9.17) is 10.1 Å². The van der Waals surface area contributed by atoms with E-state index in [9.17, 15) is 29.1 Å². The van der Waals surface area contributed by atoms with E-state index < -0.39 is 11.9 Å². The molecule has 2 aromatic carbocycles. The second-order valence-corrected chi connectivity index (χ2v) is 21.6. The minimum absolute atomic E-state index is 0.0104. The fraction of sp³-hybridized carbons (Fsp3) is 0.444. The molecule has 3 aromatic heterocycles. The highest BCUT2D eigenvalue weighted by atomic mass is 32.1. The number of aliphatic hydroxyl groups excluding tert-OH is 1. The number of carbonyl (C=O) groups excluding carboxylic acids is 5. The first-order valence-corrected chi connectivity index (χ1v) is 25.9. The van der Waals surface area contributed by atoms with Crippen molar-refractivity contribution in [2.45, 2.75) is 110 Å². The average Bonchev–Trinajstić information content (AvgIpc) is 4.00. The number of aliphatic hydroxyl groups is 1. The Morgan fingerprint density at radius 3 is 2.46 bits per heavy atom. The number of imide groups is 1. The van der Waals surface area contributed by atoms with Crippen LogP contribution in [0.1, 0.15) is 111 Å². The van der Waals surface area contributed by atoms with E-state index in [1.54, 1.807) is 0 Å². The smallest absolute Gasteiger partial charge is 0.261 e. The molecule has 4 bridgehead atoms. The lowest BCUT2D eigenvalue weighted by Crippen LogP contribution is -2.58. The van der Waals surface area contributed by atoms with Crippen LogP contribution in [-0.2, 0) is 32.3 Å². The van der Waals surface area contributed by atoms with Gasteiger partial charge in [-0.25, -0.2) is 9.97 Å². The molecule has 6 aliphatic rings. The van der Waals surface area contributed by atoms with Crippen molar-refractivity contribution in [3.8, 4) is 11.1 Å². The van der Waals surface area contributed by atoms with Crippen LogP contribution in [0.25, 0.3) is 27.0 Å². The molecule has 0 radical (unpaired) electrons. The van der Waals surface area contributed by atoms with Crippen LogP contribution in [0, 0.1) is 29.6 Å². The maximum absolute atomic E-state index is 14.2. The Labute approximate surface area is 417 Å². The molecule has 3 unspecified atom stereocenters. The number of pyridine rings is 1. The van der Waals surface area contributed by atoms with Gasteiger partial charge in [0.25, 0.3) is 11.8 Å². The number of piperidine rings is 1. The molecular weight excluding hydrogens is 917 g/mol. The highest BCUT2D eigenvalue weighted by Crippen LogP contribution is 2.66. The molecule has 5 fully saturated rings. The lowest BCUT2D eigenvalue weighted by atomic mass is 9.44. The maximum Gasteiger partial charge on any atom is 0.261 e. The molecular formula is C54H62N10O6S. The lowest BCUT2D eigenvalue weighted by Gasteiger charge is -2.61. The van der Waals surface area contributed by atoms with Gasteiger partial charge in [0.1, 0.15) is 11.9 Å². The van der Waals surface area contributed by atoms with Crippen molar-refractivity contribution < 1.29 is 29.1 Å². The fourth-order valence-electron chi connectivity index (χ4n) is 12.6. The van der Waals surface area contributed by atoms with Crippen molar-refractivity contribution >= 4 is 73.4 Å². The number of nitrogens with zero attached hydrogens (tertiary/aromatic N) is 5. The Bertz CT molecular complexity index is 2910. The van der Waals surface area contributed by atoms with E-state index in [1.807, 2.05) is 60.8 Å². The summed E-state index contributed by atoms with van der Waals surface area (Å²) < 4.78 is 3.11. The third-order valence-electron chi connectivity index (χ3n) is 15.6. The number of unbranched alkanes of at least 4 members (excludes halogenated alkanes) is 3. The van der Waals surface area contributed by atoms with Gasteiger partial charge in [-0.3, -0.25) is 44.2 Å². The van der Waals surface area contributed by atoms with Gasteiger partial charge in [0.2, 0.25) is 17.7 Å². The molecule has 71 heavy (non-hydrogen) atoms. The third-order valence-corrected chi connectivity index (χ3v) is 16.5. The highest BCUT2D eigenvalue weighted by molar-refractivity contribution is 7.22. The first kappa shape index (κ1) is 47.9. The largest absolute Gasteiger partial charge is 0.390 e. The van der Waals surface area contributed by atoms with Crippen molar-refractivity contribution in [2.75, 3.05) is 35.6 Å². The molecule has 2 aliphatic heterocycles. The first-order valence-electron chi connectivity index (χ1n) is 25.1. The molecule has 4 aliphatic carbocycles. The van der Waals surface area contributed by atoms with Gasteiger partial charge in [0.15, 0.2) is 5.13 Å². The van der Waals surface area contributed by atoms with Gasteiger partial charge in [-0.05, 0) is 119 Å². The van der Waals surface area contributed by atoms with Crippen LogP contribution in [0.3, 0.4) is 0 Å². The number of thiazole rings is 1. The predicted molar refractivity (Wildman–Crippen MR) is 274 cm³/mol. The van der Waals surface area contributed by atoms with Gasteiger partial charge in [-0.15, -0.1) is 0 Å². The van der Waals surface area contributed by atoms with Crippen molar-refractivity contribution in [1.82, 2.24) is 35.3 Å². The standard InChI is InChI=1S/C54H62N10O6S/c1-32(48(67)62-52-60-40-12-6-7-14-44(40)71-52)19-22-56-45-17-15-38(42(29-65)59-45)39-28-58-63(33(39)2)31-53-24-35-23-36(25-53)27-54(26-35,30-53)51(70)57-21-9-5-4-8-20-55-41-13-10-11-37-34(3)64(50(69)47(37)41)43-16-18-46(66)61-49(43)68/h6-7,10-15,17,28,35-36,43,55,65H,1,3-5,8-9,16,18-27,29-31H2,2H3,(H,56,59)(H,57,70)(H,60,62,67)(H,61,66,68). The minimum Gasteiger partial charge on any atom is -0.390 e. The Hall–Kier alpha value is -6.72. The molecule has 17 heteroatoms. The van der Waals surface area contributed by atoms with Gasteiger partial charge in [-0.2, -0.15) is 5.10 Å². The zero-order valence-electron chi connectivity index (χ0n) is 40.3. The molecule has 0 spiro atoms. The van der Waals surface area contributed by atoms with Crippen molar-refractivity contribution in [2.24, 2.45) is 22.7 Å². The van der Waals surface area contributed by atoms with Gasteiger partial charge < -0.3 is 21.1 Å². The van der Waals surface area contributed by atoms with Gasteiger partial charge in [-0.1, -0.05) is 61.6 Å². The highest BCUT2D eigenvalue weighted by Gasteiger charge is 2.60. The molecule has 5 aromatic rings. The second kappa shape index (κ2) is 19.8. The average molecular weight is 979 g/mol. The number of nitrogens with one attached hydrogen (secondary N) is 5. The number of para-hydroxylation sites is 1. The molecule has 5 heterocycles. The summed E-state index contributed by atoms with van der Waals surface area (Å²) in [5.41, 5.74) is 6.56. The van der Waals surface area contributed by atoms with Crippen LogP contribution in [0.2, 0.25) is 0 Å². The van der Waals surface area contributed by atoms with E-state index in [2.05, 4.69) is 56.3 Å². The van der Waals surface area contributed by atoms with Crippen LogP contribution < -0.4 is 26.6 Å². The normalized spacial score (nSPS) is 23.2. The van der Waals surface area contributed by atoms with Gasteiger partial charge in [0, 0.05) is 71.9 Å². The molecule has 16 nitrogen and oxygen atoms in total. The quantitative estimate of drug-likeness (QED) is 0.0250. The number of hydrogen-bond donors (Lipinski definition) is 6. The van der Waals surface area contributed by atoms with Gasteiger partial charge in [0.05, 0.1) is 39.7 Å². The Kier molecular flexibility index (Phi) is 13.4. The summed E-state index contributed by atoms with van der Waals surface area (Å²) >= 11 is 1.42. The number of benzene rings is 2. The zero-order valence-corrected chi connectivity index (χ0v) is 41.1. The molecule has 11 rings (SSSR count). The maximum atomic E-state index is 14.2. The fourth-order valence-corrected chi connectivity index (χ4v) is 13.5. The van der Waals surface area contributed by atoms with Crippen molar-refractivity contribution in [3.63, 3.8) is 0 Å². The van der Waals surface area contributed by atoms with E-state index in [0.29, 0.717) is 82.6 Å². The Balaban J connectivity index is 0.685. The van der Waals surface area contributed by atoms with Crippen molar-refractivity contribution in [1.29, 1.82) is 0 Å². The zero-order chi connectivity index (χ0) is 49.4. The number of hydrogen-bond acceptors (Lipinski definition) is 12. The van der Waals surface area contributed by atoms with E-state index in [0.717, 1.165) is 91.4 Å². The van der Waals surface area contributed by atoms with E-state index in [1.165, 1.54) is 22.7 Å². The summed E-state index contributed by atoms with van der Waals surface area (Å²) in [6.07, 6.45) is 12.6. The van der Waals surface area contributed by atoms with Crippen LogP contribution in [-0.4, -0.2) is 85.0 Å². The number of amides is 5. The lowest BCUT2D eigenvalue weighted by molar-refractivity contribution is -0.159. The number of aromatic nitrogens is 4. The monoisotopic (exact) mass is 978 g/mol. The second-order valence-electron chi connectivity index (χ2n) is 20.5. The minimum atomic E-state index is -0.759.